The third kappa shape index (κ3) is 1.62. The zero-order valence-electron chi connectivity index (χ0n) is 10.6. The van der Waals surface area contributed by atoms with Gasteiger partial charge < -0.3 is 5.11 Å². The molecule has 0 saturated heterocycles. The summed E-state index contributed by atoms with van der Waals surface area (Å²) in [5, 5.41) is 20.6. The molecule has 0 aliphatic heterocycles. The zero-order chi connectivity index (χ0) is 13.5. The number of phenolic OH excluding ortho intramolecular Hbond substituents is 1. The van der Waals surface area contributed by atoms with Crippen molar-refractivity contribution in [2.45, 2.75) is 0 Å². The Morgan fingerprint density at radius 2 is 1.60 bits per heavy atom. The fraction of sp³-hybridized carbons (Fsp3) is 0. The first kappa shape index (κ1) is 11.0. The third-order valence-electron chi connectivity index (χ3n) is 3.36. The molecule has 1 aromatic heterocycles. The Morgan fingerprint density at radius 1 is 0.800 bits per heavy atom. The molecule has 4 aromatic rings. The normalized spacial score (nSPS) is 11.2. The highest BCUT2D eigenvalue weighted by molar-refractivity contribution is 6.03. The van der Waals surface area contributed by atoms with Gasteiger partial charge in [-0.25, -0.2) is 0 Å². The quantitative estimate of drug-likeness (QED) is 0.572. The summed E-state index contributed by atoms with van der Waals surface area (Å²) in [6.07, 6.45) is 0. The molecule has 0 atom stereocenters. The van der Waals surface area contributed by atoms with E-state index in [0.29, 0.717) is 0 Å². The van der Waals surface area contributed by atoms with Crippen LogP contribution in [0.2, 0.25) is 0 Å². The fourth-order valence-corrected chi connectivity index (χ4v) is 2.35. The van der Waals surface area contributed by atoms with Gasteiger partial charge in [0.05, 0.1) is 5.69 Å². The number of phenols is 1. The van der Waals surface area contributed by atoms with Crippen LogP contribution in [-0.4, -0.2) is 20.1 Å². The van der Waals surface area contributed by atoms with Crippen LogP contribution in [0.15, 0.2) is 60.7 Å². The maximum Gasteiger partial charge on any atom is 0.121 e. The van der Waals surface area contributed by atoms with Gasteiger partial charge in [0.2, 0.25) is 0 Å². The molecule has 0 bridgehead atoms. The van der Waals surface area contributed by atoms with Crippen molar-refractivity contribution in [3.8, 4) is 11.4 Å². The second-order valence-electron chi connectivity index (χ2n) is 4.66. The van der Waals surface area contributed by atoms with Crippen molar-refractivity contribution >= 4 is 21.8 Å². The van der Waals surface area contributed by atoms with Gasteiger partial charge in [-0.3, -0.25) is 0 Å². The van der Waals surface area contributed by atoms with Gasteiger partial charge in [-0.1, -0.05) is 30.3 Å². The molecule has 0 aliphatic carbocycles. The highest BCUT2D eigenvalue weighted by atomic mass is 16.3. The molecule has 0 radical (unpaired) electrons. The topological polar surface area (TPSA) is 50.9 Å². The van der Waals surface area contributed by atoms with Crippen molar-refractivity contribution in [2.75, 3.05) is 0 Å². The minimum Gasteiger partial charge on any atom is -0.508 e. The summed E-state index contributed by atoms with van der Waals surface area (Å²) >= 11 is 0. The first-order chi connectivity index (χ1) is 9.81. The minimum atomic E-state index is 0.232. The third-order valence-corrected chi connectivity index (χ3v) is 3.36. The van der Waals surface area contributed by atoms with Crippen LogP contribution in [0.1, 0.15) is 0 Å². The summed E-state index contributed by atoms with van der Waals surface area (Å²) in [4.78, 5) is 1.59. The van der Waals surface area contributed by atoms with Crippen LogP contribution >= 0.6 is 0 Å². The number of benzene rings is 3. The van der Waals surface area contributed by atoms with E-state index in [-0.39, 0.29) is 5.75 Å². The van der Waals surface area contributed by atoms with Gasteiger partial charge in [0.1, 0.15) is 16.8 Å². The van der Waals surface area contributed by atoms with Crippen molar-refractivity contribution < 1.29 is 5.11 Å². The Balaban J connectivity index is 1.98. The molecule has 3 aromatic carbocycles. The lowest BCUT2D eigenvalue weighted by Crippen LogP contribution is -1.97. The molecule has 1 heterocycles. The molecular formula is C16H11N3O. The molecule has 4 nitrogen and oxygen atoms in total. The summed E-state index contributed by atoms with van der Waals surface area (Å²) in [6.45, 7) is 0. The lowest BCUT2D eigenvalue weighted by Gasteiger charge is -1.98. The van der Waals surface area contributed by atoms with Crippen molar-refractivity contribution in [2.24, 2.45) is 0 Å². The number of hydrogen-bond donors (Lipinski definition) is 1. The molecule has 20 heavy (non-hydrogen) atoms. The number of nitrogens with zero attached hydrogens (tertiary/aromatic N) is 3. The first-order valence-electron chi connectivity index (χ1n) is 6.35. The van der Waals surface area contributed by atoms with Gasteiger partial charge in [-0.15, -0.1) is 10.2 Å². The number of aromatic hydroxyl groups is 1. The number of hydrogen-bond acceptors (Lipinski definition) is 3. The van der Waals surface area contributed by atoms with Gasteiger partial charge in [-0.2, -0.15) is 4.80 Å². The zero-order valence-corrected chi connectivity index (χ0v) is 10.6. The first-order valence-corrected chi connectivity index (χ1v) is 6.35. The number of rotatable bonds is 1. The van der Waals surface area contributed by atoms with E-state index in [1.165, 1.54) is 0 Å². The monoisotopic (exact) mass is 261 g/mol. The second-order valence-corrected chi connectivity index (χ2v) is 4.66. The molecular weight excluding hydrogens is 250 g/mol. The predicted octanol–water partition coefficient (Wildman–Crippen LogP) is 3.28. The van der Waals surface area contributed by atoms with Crippen molar-refractivity contribution in [3.05, 3.63) is 60.7 Å². The average Bonchev–Trinajstić information content (AvgIpc) is 2.92. The number of fused-ring (bicyclic) bond motifs is 3. The van der Waals surface area contributed by atoms with E-state index in [4.69, 9.17) is 0 Å². The molecule has 96 valence electrons. The summed E-state index contributed by atoms with van der Waals surface area (Å²) in [6, 6.07) is 19.0. The van der Waals surface area contributed by atoms with E-state index in [1.807, 2.05) is 30.3 Å². The van der Waals surface area contributed by atoms with E-state index < -0.39 is 0 Å². The molecule has 0 saturated carbocycles. The van der Waals surface area contributed by atoms with Gasteiger partial charge in [-0.05, 0) is 35.7 Å². The molecule has 1 N–H and O–H groups in total. The van der Waals surface area contributed by atoms with Crippen LogP contribution in [-0.2, 0) is 0 Å². The summed E-state index contributed by atoms with van der Waals surface area (Å²) in [7, 11) is 0. The van der Waals surface area contributed by atoms with Crippen LogP contribution in [0.4, 0.5) is 0 Å². The van der Waals surface area contributed by atoms with Crippen LogP contribution in [0.5, 0.6) is 5.75 Å². The second kappa shape index (κ2) is 4.06. The van der Waals surface area contributed by atoms with Crippen LogP contribution in [0.25, 0.3) is 27.5 Å². The summed E-state index contributed by atoms with van der Waals surface area (Å²) in [5.41, 5.74) is 2.57. The molecule has 0 aliphatic rings. The lowest BCUT2D eigenvalue weighted by molar-refractivity contribution is 0.475. The highest BCUT2D eigenvalue weighted by Gasteiger charge is 2.07. The summed E-state index contributed by atoms with van der Waals surface area (Å²) < 4.78 is 0. The molecule has 4 heteroatoms. The van der Waals surface area contributed by atoms with Crippen molar-refractivity contribution in [1.82, 2.24) is 15.0 Å². The number of aromatic nitrogens is 3. The highest BCUT2D eigenvalue weighted by Crippen LogP contribution is 2.23. The molecule has 0 spiro atoms. The maximum absolute atomic E-state index is 9.33. The Bertz CT molecular complexity index is 910. The molecule has 0 fully saturated rings. The van der Waals surface area contributed by atoms with E-state index in [2.05, 4.69) is 16.3 Å². The van der Waals surface area contributed by atoms with Gasteiger partial charge in [0, 0.05) is 5.39 Å². The molecule has 0 amide bonds. The molecule has 0 unspecified atom stereocenters. The van der Waals surface area contributed by atoms with Crippen molar-refractivity contribution in [1.29, 1.82) is 0 Å². The molecule has 4 rings (SSSR count). The smallest absolute Gasteiger partial charge is 0.121 e. The van der Waals surface area contributed by atoms with E-state index in [1.54, 1.807) is 29.1 Å². The van der Waals surface area contributed by atoms with Gasteiger partial charge in [0.15, 0.2) is 0 Å². The van der Waals surface area contributed by atoms with E-state index in [9.17, 15) is 5.11 Å². The van der Waals surface area contributed by atoms with E-state index >= 15 is 0 Å². The SMILES string of the molecule is Oc1ccc(-n2nc3ccc4ccccc4c3n2)cc1. The van der Waals surface area contributed by atoms with Crippen LogP contribution in [0.3, 0.4) is 0 Å². The Kier molecular flexibility index (Phi) is 2.23. The van der Waals surface area contributed by atoms with Crippen LogP contribution < -0.4 is 0 Å². The van der Waals surface area contributed by atoms with Gasteiger partial charge >= 0.3 is 0 Å². The standard InChI is InChI=1S/C16H11N3O/c20-13-8-6-12(7-9-13)19-17-15-10-5-11-3-1-2-4-14(11)16(15)18-19/h1-10,20H. The largest absolute Gasteiger partial charge is 0.508 e. The predicted molar refractivity (Wildman–Crippen MR) is 78.0 cm³/mol. The van der Waals surface area contributed by atoms with Crippen LogP contribution in [0, 0.1) is 0 Å². The average molecular weight is 261 g/mol. The fourth-order valence-electron chi connectivity index (χ4n) is 2.35. The van der Waals surface area contributed by atoms with Crippen molar-refractivity contribution in [3.63, 3.8) is 0 Å². The minimum absolute atomic E-state index is 0.232. The Labute approximate surface area is 114 Å². The Hall–Kier alpha value is -2.88. The maximum atomic E-state index is 9.33. The Morgan fingerprint density at radius 3 is 2.45 bits per heavy atom. The van der Waals surface area contributed by atoms with Gasteiger partial charge in [0.25, 0.3) is 0 Å². The summed E-state index contributed by atoms with van der Waals surface area (Å²) in [5.74, 6) is 0.232. The van der Waals surface area contributed by atoms with E-state index in [0.717, 1.165) is 27.5 Å². The lowest BCUT2D eigenvalue weighted by atomic mass is 10.1.